The zero-order valence-electron chi connectivity index (χ0n) is 24.6. The van der Waals surface area contributed by atoms with Crippen LogP contribution in [0.2, 0.25) is 0 Å². The number of methoxy groups -OCH3 is 1. The second-order valence-corrected chi connectivity index (χ2v) is 11.8. The number of nitro benzene ring substituents is 1. The van der Waals surface area contributed by atoms with Crippen molar-refractivity contribution in [2.45, 2.75) is 13.8 Å². The number of nitrogens with one attached hydrogen (secondary N) is 1. The van der Waals surface area contributed by atoms with Crippen molar-refractivity contribution in [3.63, 3.8) is 0 Å². The Kier molecular flexibility index (Phi) is 9.29. The summed E-state index contributed by atoms with van der Waals surface area (Å²) in [6.07, 6.45) is 3.06. The Balaban J connectivity index is 1.72. The number of para-hydroxylation sites is 1. The molecule has 0 fully saturated rings. The summed E-state index contributed by atoms with van der Waals surface area (Å²) in [7, 11) is 2.45. The number of aromatic nitrogens is 3. The molecule has 0 unspecified atom stereocenters. The zero-order chi connectivity index (χ0) is 30.6. The molecule has 224 valence electrons. The lowest BCUT2D eigenvalue weighted by Gasteiger charge is -2.25. The van der Waals surface area contributed by atoms with E-state index in [0.29, 0.717) is 45.8 Å². The van der Waals surface area contributed by atoms with Crippen LogP contribution in [0.1, 0.15) is 13.8 Å². The third kappa shape index (κ3) is 6.15. The van der Waals surface area contributed by atoms with Gasteiger partial charge in [0.25, 0.3) is 5.69 Å². The molecule has 0 aliphatic heterocycles. The molecule has 0 aliphatic rings. The SMILES string of the molecule is CCN(CC)CCN(C)c1cc(OC)c(Nc2nccc(-c3cn(S(=O)(=O)N(C)C)c4ccccc34)n2)cc1[N+](=O)[O-]. The van der Waals surface area contributed by atoms with E-state index in [1.54, 1.807) is 24.3 Å². The van der Waals surface area contributed by atoms with E-state index in [4.69, 9.17) is 4.74 Å². The monoisotopic (exact) mass is 596 g/mol. The van der Waals surface area contributed by atoms with Gasteiger partial charge < -0.3 is 19.9 Å². The van der Waals surface area contributed by atoms with Gasteiger partial charge in [-0.1, -0.05) is 32.0 Å². The molecule has 0 aliphatic carbocycles. The van der Waals surface area contributed by atoms with Gasteiger partial charge in [0.1, 0.15) is 11.4 Å². The lowest BCUT2D eigenvalue weighted by Crippen LogP contribution is -2.33. The van der Waals surface area contributed by atoms with Gasteiger partial charge in [-0.05, 0) is 25.2 Å². The van der Waals surface area contributed by atoms with Crippen molar-refractivity contribution in [1.82, 2.24) is 23.1 Å². The number of likely N-dealkylation sites (N-methyl/N-ethyl adjacent to an activating group) is 2. The number of benzene rings is 2. The Hall–Kier alpha value is -4.27. The minimum absolute atomic E-state index is 0.0894. The predicted molar refractivity (Wildman–Crippen MR) is 165 cm³/mol. The molecule has 4 rings (SSSR count). The molecule has 1 N–H and O–H groups in total. The van der Waals surface area contributed by atoms with Crippen LogP contribution >= 0.6 is 0 Å². The maximum absolute atomic E-state index is 13.0. The van der Waals surface area contributed by atoms with E-state index >= 15 is 0 Å². The van der Waals surface area contributed by atoms with Gasteiger partial charge in [-0.25, -0.2) is 13.9 Å². The molecule has 2 heterocycles. The molecule has 13 nitrogen and oxygen atoms in total. The molecule has 0 saturated heterocycles. The van der Waals surface area contributed by atoms with Gasteiger partial charge in [0.15, 0.2) is 0 Å². The summed E-state index contributed by atoms with van der Waals surface area (Å²) in [5, 5.41) is 15.8. The second kappa shape index (κ2) is 12.7. The normalized spacial score (nSPS) is 11.8. The highest BCUT2D eigenvalue weighted by molar-refractivity contribution is 7.87. The van der Waals surface area contributed by atoms with Gasteiger partial charge in [0.05, 0.1) is 28.9 Å². The lowest BCUT2D eigenvalue weighted by molar-refractivity contribution is -0.384. The number of hydrogen-bond acceptors (Lipinski definition) is 10. The highest BCUT2D eigenvalue weighted by atomic mass is 32.2. The highest BCUT2D eigenvalue weighted by Gasteiger charge is 2.24. The fourth-order valence-corrected chi connectivity index (χ4v) is 5.64. The third-order valence-electron chi connectivity index (χ3n) is 7.12. The first-order valence-corrected chi connectivity index (χ1v) is 14.8. The van der Waals surface area contributed by atoms with Gasteiger partial charge >= 0.3 is 10.2 Å². The average molecular weight is 597 g/mol. The summed E-state index contributed by atoms with van der Waals surface area (Å²) >= 11 is 0. The van der Waals surface area contributed by atoms with Crippen LogP contribution in [0.25, 0.3) is 22.2 Å². The number of hydrogen-bond donors (Lipinski definition) is 1. The van der Waals surface area contributed by atoms with E-state index in [2.05, 4.69) is 34.0 Å². The van der Waals surface area contributed by atoms with E-state index in [1.165, 1.54) is 43.6 Å². The number of ether oxygens (including phenoxy) is 1. The van der Waals surface area contributed by atoms with Crippen LogP contribution in [-0.2, 0) is 10.2 Å². The molecule has 2 aromatic heterocycles. The summed E-state index contributed by atoms with van der Waals surface area (Å²) in [6.45, 7) is 7.30. The topological polar surface area (TPSA) is 139 Å². The van der Waals surface area contributed by atoms with Crippen molar-refractivity contribution in [2.75, 3.05) is 64.6 Å². The standard InChI is InChI=1S/C28H36N8O5S/c1-7-34(8-2)16-15-33(5)25-18-27(41-6)23(17-26(25)36(37)38)31-28-29-14-13-22(30-28)21-19-35(42(39,40)32(3)4)24-12-10-9-11-20(21)24/h9-14,17-19H,7-8,15-16H2,1-6H3,(H,29,30,31). The first-order valence-electron chi connectivity index (χ1n) is 13.4. The molecule has 0 spiro atoms. The molecule has 2 aromatic carbocycles. The Morgan fingerprint density at radius 1 is 1.07 bits per heavy atom. The van der Waals surface area contributed by atoms with E-state index in [1.807, 2.05) is 24.1 Å². The van der Waals surface area contributed by atoms with Crippen molar-refractivity contribution in [3.8, 4) is 17.0 Å². The van der Waals surface area contributed by atoms with Crippen molar-refractivity contribution in [2.24, 2.45) is 0 Å². The second-order valence-electron chi connectivity index (χ2n) is 9.78. The van der Waals surface area contributed by atoms with Gasteiger partial charge in [0, 0.05) is 69.7 Å². The number of anilines is 3. The maximum Gasteiger partial charge on any atom is 0.307 e. The molecule has 4 aromatic rings. The molecule has 0 radical (unpaired) electrons. The van der Waals surface area contributed by atoms with Crippen LogP contribution in [0.5, 0.6) is 5.75 Å². The van der Waals surface area contributed by atoms with Gasteiger partial charge in [-0.15, -0.1) is 0 Å². The van der Waals surface area contributed by atoms with Crippen molar-refractivity contribution >= 4 is 44.1 Å². The summed E-state index contributed by atoms with van der Waals surface area (Å²) in [6, 6.07) is 11.9. The lowest BCUT2D eigenvalue weighted by atomic mass is 10.1. The van der Waals surface area contributed by atoms with E-state index < -0.39 is 15.1 Å². The number of nitrogens with zero attached hydrogens (tertiary/aromatic N) is 7. The third-order valence-corrected chi connectivity index (χ3v) is 8.84. The Bertz CT molecular complexity index is 1690. The number of nitro groups is 1. The zero-order valence-corrected chi connectivity index (χ0v) is 25.4. The minimum Gasteiger partial charge on any atom is -0.494 e. The van der Waals surface area contributed by atoms with Crippen LogP contribution in [0.4, 0.5) is 23.0 Å². The van der Waals surface area contributed by atoms with Crippen LogP contribution in [0.15, 0.2) is 54.9 Å². The summed E-state index contributed by atoms with van der Waals surface area (Å²) < 4.78 is 34.0. The quantitative estimate of drug-likeness (QED) is 0.177. The minimum atomic E-state index is -3.79. The van der Waals surface area contributed by atoms with Gasteiger partial charge in [0.2, 0.25) is 5.95 Å². The molecule has 14 heteroatoms. The maximum atomic E-state index is 13.0. The molecule has 0 amide bonds. The van der Waals surface area contributed by atoms with Crippen LogP contribution in [-0.4, -0.2) is 90.9 Å². The summed E-state index contributed by atoms with van der Waals surface area (Å²) in [5.41, 5.74) is 2.22. The Morgan fingerprint density at radius 3 is 2.43 bits per heavy atom. The van der Waals surface area contributed by atoms with Crippen LogP contribution in [0, 0.1) is 10.1 Å². The first kappa shape index (κ1) is 30.7. The molecular weight excluding hydrogens is 560 g/mol. The van der Waals surface area contributed by atoms with Crippen molar-refractivity contribution < 1.29 is 18.1 Å². The fourth-order valence-electron chi connectivity index (χ4n) is 4.64. The first-order chi connectivity index (χ1) is 20.0. The highest BCUT2D eigenvalue weighted by Crippen LogP contribution is 2.39. The van der Waals surface area contributed by atoms with Crippen molar-refractivity contribution in [1.29, 1.82) is 0 Å². The van der Waals surface area contributed by atoms with Gasteiger partial charge in [-0.2, -0.15) is 12.7 Å². The fraction of sp³-hybridized carbons (Fsp3) is 0.357. The summed E-state index contributed by atoms with van der Waals surface area (Å²) in [5.74, 6) is 0.544. The van der Waals surface area contributed by atoms with E-state index in [9.17, 15) is 18.5 Å². The van der Waals surface area contributed by atoms with E-state index in [-0.39, 0.29) is 11.6 Å². The molecular formula is C28H36N8O5S. The smallest absolute Gasteiger partial charge is 0.307 e. The molecule has 0 atom stereocenters. The van der Waals surface area contributed by atoms with Crippen molar-refractivity contribution in [3.05, 3.63) is 65.0 Å². The Labute approximate surface area is 245 Å². The number of rotatable bonds is 13. The van der Waals surface area contributed by atoms with E-state index in [0.717, 1.165) is 23.9 Å². The predicted octanol–water partition coefficient (Wildman–Crippen LogP) is 4.19. The van der Waals surface area contributed by atoms with Gasteiger partial charge in [-0.3, -0.25) is 10.1 Å². The average Bonchev–Trinajstić information content (AvgIpc) is 3.38. The largest absolute Gasteiger partial charge is 0.494 e. The van der Waals surface area contributed by atoms with Crippen LogP contribution in [0.3, 0.4) is 0 Å². The Morgan fingerprint density at radius 2 is 1.79 bits per heavy atom. The number of fused-ring (bicyclic) bond motifs is 1. The van der Waals surface area contributed by atoms with Crippen LogP contribution < -0.4 is 15.0 Å². The molecule has 42 heavy (non-hydrogen) atoms. The summed E-state index contributed by atoms with van der Waals surface area (Å²) in [4.78, 5) is 24.7. The molecule has 0 saturated carbocycles. The molecule has 0 bridgehead atoms.